The van der Waals surface area contributed by atoms with E-state index < -0.39 is 4.92 Å². The van der Waals surface area contributed by atoms with Gasteiger partial charge in [0.2, 0.25) is 0 Å². The molecule has 0 aliphatic carbocycles. The lowest BCUT2D eigenvalue weighted by atomic mass is 10.1. The summed E-state index contributed by atoms with van der Waals surface area (Å²) in [7, 11) is 0. The number of piperazine rings is 1. The van der Waals surface area contributed by atoms with Crippen LogP contribution in [-0.2, 0) is 0 Å². The largest absolute Gasteiger partial charge is 0.336 e. The van der Waals surface area contributed by atoms with Crippen LogP contribution >= 0.6 is 11.6 Å². The van der Waals surface area contributed by atoms with Crippen molar-refractivity contribution in [2.24, 2.45) is 0 Å². The maximum absolute atomic E-state index is 12.6. The smallest absolute Gasteiger partial charge is 0.283 e. The van der Waals surface area contributed by atoms with Crippen LogP contribution in [0.1, 0.15) is 16.8 Å². The Morgan fingerprint density at radius 2 is 2.04 bits per heavy atom. The van der Waals surface area contributed by atoms with Crippen molar-refractivity contribution in [2.75, 3.05) is 39.3 Å². The quantitative estimate of drug-likeness (QED) is 0.665. The van der Waals surface area contributed by atoms with Crippen LogP contribution in [0.15, 0.2) is 18.2 Å². The number of hydrogen-bond donors (Lipinski definition) is 1. The standard InChI is InChI=1S/C15H19ClN4O3/c16-11-1-2-13(14(9-11)20(22)23)15(21)19-7-5-18(6-8-19)12-3-4-17-10-12/h1-2,9,12,17H,3-8,10H2. The predicted molar refractivity (Wildman–Crippen MR) is 86.9 cm³/mol. The minimum atomic E-state index is -0.556. The van der Waals surface area contributed by atoms with Crippen molar-refractivity contribution in [1.82, 2.24) is 15.1 Å². The molecular formula is C15H19ClN4O3. The number of rotatable bonds is 3. The molecule has 2 fully saturated rings. The van der Waals surface area contributed by atoms with Gasteiger partial charge in [0, 0.05) is 49.9 Å². The first kappa shape index (κ1) is 16.2. The number of carbonyl (C=O) groups excluding carboxylic acids is 1. The number of halogens is 1. The highest BCUT2D eigenvalue weighted by molar-refractivity contribution is 6.31. The first-order chi connectivity index (χ1) is 11.1. The number of nitrogens with zero attached hydrogens (tertiary/aromatic N) is 3. The maximum Gasteiger partial charge on any atom is 0.283 e. The van der Waals surface area contributed by atoms with Gasteiger partial charge in [-0.05, 0) is 25.1 Å². The molecule has 2 aliphatic heterocycles. The summed E-state index contributed by atoms with van der Waals surface area (Å²) >= 11 is 5.80. The van der Waals surface area contributed by atoms with E-state index in [2.05, 4.69) is 10.2 Å². The molecule has 2 saturated heterocycles. The number of hydrogen-bond acceptors (Lipinski definition) is 5. The lowest BCUT2D eigenvalue weighted by molar-refractivity contribution is -0.385. The summed E-state index contributed by atoms with van der Waals surface area (Å²) in [5, 5.41) is 14.7. The van der Waals surface area contributed by atoms with E-state index in [1.165, 1.54) is 18.2 Å². The molecule has 0 spiro atoms. The molecular weight excluding hydrogens is 320 g/mol. The van der Waals surface area contributed by atoms with E-state index in [9.17, 15) is 14.9 Å². The summed E-state index contributed by atoms with van der Waals surface area (Å²) in [5.41, 5.74) is -0.125. The van der Waals surface area contributed by atoms with Crippen molar-refractivity contribution in [3.63, 3.8) is 0 Å². The summed E-state index contributed by atoms with van der Waals surface area (Å²) in [5.74, 6) is -0.294. The van der Waals surface area contributed by atoms with Crippen molar-refractivity contribution >= 4 is 23.2 Å². The van der Waals surface area contributed by atoms with Gasteiger partial charge in [-0.15, -0.1) is 0 Å². The molecule has 23 heavy (non-hydrogen) atoms. The molecule has 1 atom stereocenters. The van der Waals surface area contributed by atoms with Crippen molar-refractivity contribution in [3.05, 3.63) is 38.9 Å². The highest BCUT2D eigenvalue weighted by atomic mass is 35.5. The van der Waals surface area contributed by atoms with Crippen LogP contribution in [0, 0.1) is 10.1 Å². The molecule has 1 aromatic carbocycles. The van der Waals surface area contributed by atoms with E-state index in [0.717, 1.165) is 32.6 Å². The fraction of sp³-hybridized carbons (Fsp3) is 0.533. The van der Waals surface area contributed by atoms with Crippen LogP contribution in [0.2, 0.25) is 5.02 Å². The van der Waals surface area contributed by atoms with E-state index in [1.807, 2.05) is 0 Å². The Balaban J connectivity index is 1.69. The molecule has 0 radical (unpaired) electrons. The Labute approximate surface area is 139 Å². The van der Waals surface area contributed by atoms with Gasteiger partial charge in [-0.2, -0.15) is 0 Å². The highest BCUT2D eigenvalue weighted by Crippen LogP contribution is 2.25. The highest BCUT2D eigenvalue weighted by Gasteiger charge is 2.30. The zero-order chi connectivity index (χ0) is 16.4. The molecule has 7 nitrogen and oxygen atoms in total. The van der Waals surface area contributed by atoms with Crippen LogP contribution in [0.4, 0.5) is 5.69 Å². The van der Waals surface area contributed by atoms with E-state index in [0.29, 0.717) is 19.1 Å². The molecule has 0 saturated carbocycles. The zero-order valence-electron chi connectivity index (χ0n) is 12.7. The first-order valence-electron chi connectivity index (χ1n) is 7.74. The Morgan fingerprint density at radius 3 is 2.65 bits per heavy atom. The number of amides is 1. The Morgan fingerprint density at radius 1 is 1.30 bits per heavy atom. The summed E-state index contributed by atoms with van der Waals surface area (Å²) in [4.78, 5) is 27.3. The second-order valence-electron chi connectivity index (χ2n) is 5.89. The molecule has 1 amide bonds. The van der Waals surface area contributed by atoms with Crippen LogP contribution in [0.25, 0.3) is 0 Å². The van der Waals surface area contributed by atoms with Gasteiger partial charge in [-0.25, -0.2) is 0 Å². The summed E-state index contributed by atoms with van der Waals surface area (Å²) in [6.45, 7) is 4.83. The van der Waals surface area contributed by atoms with Crippen molar-refractivity contribution in [3.8, 4) is 0 Å². The maximum atomic E-state index is 12.6. The van der Waals surface area contributed by atoms with Crippen LogP contribution in [-0.4, -0.2) is 65.9 Å². The van der Waals surface area contributed by atoms with E-state index >= 15 is 0 Å². The van der Waals surface area contributed by atoms with Gasteiger partial charge in [0.25, 0.3) is 11.6 Å². The molecule has 1 N–H and O–H groups in total. The Bertz CT molecular complexity index is 611. The molecule has 0 bridgehead atoms. The summed E-state index contributed by atoms with van der Waals surface area (Å²) < 4.78 is 0. The number of nitro groups is 1. The number of nitro benzene ring substituents is 1. The van der Waals surface area contributed by atoms with Gasteiger partial charge in [0.1, 0.15) is 5.56 Å². The zero-order valence-corrected chi connectivity index (χ0v) is 13.5. The van der Waals surface area contributed by atoms with E-state index in [4.69, 9.17) is 11.6 Å². The monoisotopic (exact) mass is 338 g/mol. The average molecular weight is 339 g/mol. The molecule has 8 heteroatoms. The molecule has 1 unspecified atom stereocenters. The predicted octanol–water partition coefficient (Wildman–Crippen LogP) is 1.37. The first-order valence-corrected chi connectivity index (χ1v) is 8.12. The third-order valence-electron chi connectivity index (χ3n) is 4.54. The van der Waals surface area contributed by atoms with Crippen molar-refractivity contribution < 1.29 is 9.72 Å². The Hall–Kier alpha value is -1.70. The van der Waals surface area contributed by atoms with Crippen LogP contribution < -0.4 is 5.32 Å². The molecule has 3 rings (SSSR count). The van der Waals surface area contributed by atoms with Crippen molar-refractivity contribution in [2.45, 2.75) is 12.5 Å². The fourth-order valence-electron chi connectivity index (χ4n) is 3.25. The van der Waals surface area contributed by atoms with Crippen LogP contribution in [0.3, 0.4) is 0 Å². The number of benzene rings is 1. The normalized spacial score (nSPS) is 22.3. The van der Waals surface area contributed by atoms with Gasteiger partial charge in [-0.1, -0.05) is 11.6 Å². The molecule has 124 valence electrons. The lowest BCUT2D eigenvalue weighted by Gasteiger charge is -2.37. The number of carbonyl (C=O) groups is 1. The third-order valence-corrected chi connectivity index (χ3v) is 4.77. The second kappa shape index (κ2) is 6.82. The van der Waals surface area contributed by atoms with Crippen molar-refractivity contribution in [1.29, 1.82) is 0 Å². The summed E-state index contributed by atoms with van der Waals surface area (Å²) in [6.07, 6.45) is 1.14. The van der Waals surface area contributed by atoms with E-state index in [-0.39, 0.29) is 22.2 Å². The third kappa shape index (κ3) is 3.46. The summed E-state index contributed by atoms with van der Waals surface area (Å²) in [6, 6.07) is 4.73. The fourth-order valence-corrected chi connectivity index (χ4v) is 3.41. The van der Waals surface area contributed by atoms with Crippen LogP contribution in [0.5, 0.6) is 0 Å². The molecule has 0 aromatic heterocycles. The lowest BCUT2D eigenvalue weighted by Crippen LogP contribution is -2.52. The molecule has 2 heterocycles. The molecule has 2 aliphatic rings. The second-order valence-corrected chi connectivity index (χ2v) is 6.33. The van der Waals surface area contributed by atoms with E-state index in [1.54, 1.807) is 4.90 Å². The average Bonchev–Trinajstić information content (AvgIpc) is 3.09. The number of nitrogens with one attached hydrogen (secondary N) is 1. The SMILES string of the molecule is O=C(c1ccc(Cl)cc1[N+](=O)[O-])N1CCN(C2CCNC2)CC1. The minimum Gasteiger partial charge on any atom is -0.336 e. The topological polar surface area (TPSA) is 78.7 Å². The van der Waals surface area contributed by atoms with Gasteiger partial charge in [0.05, 0.1) is 4.92 Å². The molecule has 1 aromatic rings. The van der Waals surface area contributed by atoms with Gasteiger partial charge in [0.15, 0.2) is 0 Å². The Kier molecular flexibility index (Phi) is 4.79. The van der Waals surface area contributed by atoms with Gasteiger partial charge >= 0.3 is 0 Å². The van der Waals surface area contributed by atoms with Gasteiger partial charge < -0.3 is 10.2 Å². The van der Waals surface area contributed by atoms with Gasteiger partial charge in [-0.3, -0.25) is 19.8 Å². The minimum absolute atomic E-state index is 0.107.